The van der Waals surface area contributed by atoms with Gasteiger partial charge in [-0.25, -0.2) is 0 Å². The van der Waals surface area contributed by atoms with Gasteiger partial charge in [-0.05, 0) is 37.1 Å². The molecule has 9 heteroatoms. The topological polar surface area (TPSA) is 58.6 Å². The van der Waals surface area contributed by atoms with E-state index >= 15 is 0 Å². The van der Waals surface area contributed by atoms with Gasteiger partial charge in [-0.3, -0.25) is 0 Å². The first-order chi connectivity index (χ1) is 13.4. The van der Waals surface area contributed by atoms with Crippen LogP contribution in [-0.2, 0) is 26.7 Å². The van der Waals surface area contributed by atoms with Gasteiger partial charge in [-0.1, -0.05) is 42.0 Å². The fourth-order valence-corrected chi connectivity index (χ4v) is 4.74. The molecule has 2 aromatic carbocycles. The zero-order valence-corrected chi connectivity index (χ0v) is 17.1. The minimum absolute atomic E-state index is 0.0307. The van der Waals surface area contributed by atoms with Crippen LogP contribution in [0.25, 0.3) is 0 Å². The Morgan fingerprint density at radius 3 is 2.41 bits per heavy atom. The fourth-order valence-electron chi connectivity index (χ4n) is 3.46. The monoisotopic (exact) mass is 428 g/mol. The molecule has 1 fully saturated rings. The van der Waals surface area contributed by atoms with Crippen LogP contribution in [0.3, 0.4) is 0 Å². The maximum atomic E-state index is 13.1. The summed E-state index contributed by atoms with van der Waals surface area (Å²) in [7, 11) is -2.21. The van der Waals surface area contributed by atoms with Gasteiger partial charge in [-0.2, -0.15) is 30.6 Å². The highest BCUT2D eigenvalue weighted by molar-refractivity contribution is 7.87. The summed E-state index contributed by atoms with van der Waals surface area (Å²) in [5, 5.41) is 0. The maximum Gasteiger partial charge on any atom is 0.416 e. The van der Waals surface area contributed by atoms with E-state index in [9.17, 15) is 21.6 Å². The molecule has 1 aliphatic rings. The largest absolute Gasteiger partial charge is 0.416 e. The molecule has 29 heavy (non-hydrogen) atoms. The number of hydrogen-bond donors (Lipinski definition) is 1. The SMILES string of the molecule is Cc1cc(C(C)OCC2(c3ccccc3)CN(C)S(=O)(=O)N2)cc(C(F)(F)F)c1. The number of benzene rings is 2. The summed E-state index contributed by atoms with van der Waals surface area (Å²) in [4.78, 5) is 0. The average molecular weight is 428 g/mol. The zero-order chi connectivity index (χ0) is 21.4. The van der Waals surface area contributed by atoms with Crippen LogP contribution >= 0.6 is 0 Å². The molecule has 158 valence electrons. The van der Waals surface area contributed by atoms with E-state index in [1.807, 2.05) is 6.07 Å². The second-order valence-electron chi connectivity index (χ2n) is 7.39. The van der Waals surface area contributed by atoms with Gasteiger partial charge in [0.05, 0.1) is 23.8 Å². The van der Waals surface area contributed by atoms with Gasteiger partial charge in [0.1, 0.15) is 0 Å². The van der Waals surface area contributed by atoms with Crippen molar-refractivity contribution in [1.29, 1.82) is 0 Å². The van der Waals surface area contributed by atoms with Crippen LogP contribution in [0.4, 0.5) is 13.2 Å². The van der Waals surface area contributed by atoms with E-state index in [4.69, 9.17) is 4.74 Å². The van der Waals surface area contributed by atoms with E-state index in [1.165, 1.54) is 11.4 Å². The van der Waals surface area contributed by atoms with Crippen molar-refractivity contribution in [3.63, 3.8) is 0 Å². The van der Waals surface area contributed by atoms with Crippen molar-refractivity contribution in [3.05, 3.63) is 70.8 Å². The highest BCUT2D eigenvalue weighted by atomic mass is 32.2. The standard InChI is InChI=1S/C20H23F3N2O3S/c1-14-9-16(11-18(10-14)20(21,22)23)15(2)28-13-19(17-7-5-4-6-8-17)12-25(3)29(26,27)24-19/h4-11,15,24H,12-13H2,1-3H3. The smallest absolute Gasteiger partial charge is 0.371 e. The maximum absolute atomic E-state index is 13.1. The third-order valence-corrected chi connectivity index (χ3v) is 6.63. The molecule has 0 bridgehead atoms. The normalized spacial score (nSPS) is 23.2. The first-order valence-corrected chi connectivity index (χ1v) is 10.5. The number of nitrogens with zero attached hydrogens (tertiary/aromatic N) is 1. The molecule has 1 N–H and O–H groups in total. The highest BCUT2D eigenvalue weighted by Crippen LogP contribution is 2.34. The molecule has 2 atom stereocenters. The Balaban J connectivity index is 1.87. The number of aryl methyl sites for hydroxylation is 1. The number of likely N-dealkylation sites (N-methyl/N-ethyl adjacent to an activating group) is 1. The van der Waals surface area contributed by atoms with Crippen molar-refractivity contribution in [3.8, 4) is 0 Å². The Kier molecular flexibility index (Phi) is 5.79. The van der Waals surface area contributed by atoms with Crippen molar-refractivity contribution in [2.75, 3.05) is 20.2 Å². The van der Waals surface area contributed by atoms with E-state index in [0.717, 1.165) is 17.7 Å². The van der Waals surface area contributed by atoms with Gasteiger partial charge in [0.2, 0.25) is 0 Å². The first-order valence-electron chi connectivity index (χ1n) is 9.04. The second kappa shape index (κ2) is 7.71. The molecule has 3 rings (SSSR count). The van der Waals surface area contributed by atoms with Gasteiger partial charge in [0, 0.05) is 13.6 Å². The molecule has 1 heterocycles. The summed E-state index contributed by atoms with van der Waals surface area (Å²) < 4.78 is 73.8. The van der Waals surface area contributed by atoms with Crippen LogP contribution in [0.1, 0.15) is 35.3 Å². The van der Waals surface area contributed by atoms with E-state index in [1.54, 1.807) is 44.2 Å². The molecular weight excluding hydrogens is 405 g/mol. The van der Waals surface area contributed by atoms with Gasteiger partial charge < -0.3 is 4.74 Å². The Morgan fingerprint density at radius 2 is 1.86 bits per heavy atom. The van der Waals surface area contributed by atoms with Crippen molar-refractivity contribution in [2.24, 2.45) is 0 Å². The van der Waals surface area contributed by atoms with E-state index in [2.05, 4.69) is 4.72 Å². The van der Waals surface area contributed by atoms with E-state index in [0.29, 0.717) is 11.1 Å². The molecule has 0 aromatic heterocycles. The van der Waals surface area contributed by atoms with Gasteiger partial charge in [-0.15, -0.1) is 0 Å². The Bertz CT molecular complexity index is 980. The van der Waals surface area contributed by atoms with Gasteiger partial charge >= 0.3 is 6.18 Å². The molecule has 0 saturated carbocycles. The number of halogens is 3. The lowest BCUT2D eigenvalue weighted by atomic mass is 9.91. The van der Waals surface area contributed by atoms with Crippen LogP contribution in [0, 0.1) is 6.92 Å². The molecule has 1 aliphatic heterocycles. The van der Waals surface area contributed by atoms with Gasteiger partial charge in [0.15, 0.2) is 0 Å². The lowest BCUT2D eigenvalue weighted by molar-refractivity contribution is -0.137. The number of rotatable bonds is 5. The highest BCUT2D eigenvalue weighted by Gasteiger charge is 2.47. The van der Waals surface area contributed by atoms with E-state index in [-0.39, 0.29) is 13.2 Å². The third kappa shape index (κ3) is 4.63. The summed E-state index contributed by atoms with van der Waals surface area (Å²) >= 11 is 0. The van der Waals surface area contributed by atoms with Crippen molar-refractivity contribution in [2.45, 2.75) is 31.7 Å². The molecule has 2 aromatic rings. The summed E-state index contributed by atoms with van der Waals surface area (Å²) in [6, 6.07) is 12.8. The first kappa shape index (κ1) is 21.8. The quantitative estimate of drug-likeness (QED) is 0.789. The minimum Gasteiger partial charge on any atom is -0.371 e. The van der Waals surface area contributed by atoms with Crippen LogP contribution in [-0.4, -0.2) is 32.9 Å². The number of hydrogen-bond acceptors (Lipinski definition) is 3. The van der Waals surface area contributed by atoms with Crippen molar-refractivity contribution >= 4 is 10.2 Å². The molecule has 0 aliphatic carbocycles. The Hall–Kier alpha value is -1.94. The van der Waals surface area contributed by atoms with Crippen LogP contribution in [0.5, 0.6) is 0 Å². The lowest BCUT2D eigenvalue weighted by Gasteiger charge is -2.30. The number of ether oxygens (including phenoxy) is 1. The van der Waals surface area contributed by atoms with E-state index < -0.39 is 33.6 Å². The molecule has 0 radical (unpaired) electrons. The van der Waals surface area contributed by atoms with Crippen LogP contribution in [0.2, 0.25) is 0 Å². The Labute approximate surface area is 168 Å². The van der Waals surface area contributed by atoms with Crippen LogP contribution in [0.15, 0.2) is 48.5 Å². The summed E-state index contributed by atoms with van der Waals surface area (Å²) in [5.41, 5.74) is -0.179. The predicted molar refractivity (Wildman–Crippen MR) is 103 cm³/mol. The number of nitrogens with one attached hydrogen (secondary N) is 1. The fraction of sp³-hybridized carbons (Fsp3) is 0.400. The molecule has 5 nitrogen and oxygen atoms in total. The minimum atomic E-state index is -4.45. The lowest BCUT2D eigenvalue weighted by Crippen LogP contribution is -2.45. The van der Waals surface area contributed by atoms with Crippen LogP contribution < -0.4 is 4.72 Å². The van der Waals surface area contributed by atoms with Crippen molar-refractivity contribution < 1.29 is 26.3 Å². The second-order valence-corrected chi connectivity index (χ2v) is 9.17. The third-order valence-electron chi connectivity index (χ3n) is 5.03. The zero-order valence-electron chi connectivity index (χ0n) is 16.3. The molecule has 0 amide bonds. The average Bonchev–Trinajstić information content (AvgIpc) is 2.89. The number of alkyl halides is 3. The molecule has 1 saturated heterocycles. The van der Waals surface area contributed by atoms with Crippen molar-refractivity contribution in [1.82, 2.24) is 9.03 Å². The molecule has 2 unspecified atom stereocenters. The van der Waals surface area contributed by atoms with Gasteiger partial charge in [0.25, 0.3) is 10.2 Å². The predicted octanol–water partition coefficient (Wildman–Crippen LogP) is 3.77. The molecular formula is C20H23F3N2O3S. The summed E-state index contributed by atoms with van der Waals surface area (Å²) in [5.74, 6) is 0. The summed E-state index contributed by atoms with van der Waals surface area (Å²) in [6.45, 7) is 3.36. The molecule has 0 spiro atoms. The Morgan fingerprint density at radius 1 is 1.21 bits per heavy atom. The summed E-state index contributed by atoms with van der Waals surface area (Å²) in [6.07, 6.45) is -5.11.